The standard InChI is InChI=1S/C12H18NO3S/c1-11(2)17(14,15)13-9-6-10-16-12-7-4-3-5-8-12/h4-5,7-8,11,13H,6,9-10H2,1-2H3. The molecule has 0 aliphatic rings. The zero-order valence-electron chi connectivity index (χ0n) is 10.1. The minimum absolute atomic E-state index is 0.395. The molecular weight excluding hydrogens is 238 g/mol. The lowest BCUT2D eigenvalue weighted by Crippen LogP contribution is -2.32. The molecule has 0 aliphatic heterocycles. The number of sulfonamides is 1. The lowest BCUT2D eigenvalue weighted by molar-refractivity contribution is 0.311. The molecule has 0 atom stereocenters. The maximum atomic E-state index is 11.4. The fraction of sp³-hybridized carbons (Fsp3) is 0.500. The minimum atomic E-state index is -3.15. The Bertz CT molecular complexity index is 415. The summed E-state index contributed by atoms with van der Waals surface area (Å²) in [6, 6.07) is 10.1. The summed E-state index contributed by atoms with van der Waals surface area (Å²) in [7, 11) is -3.15. The zero-order valence-corrected chi connectivity index (χ0v) is 11.0. The van der Waals surface area contributed by atoms with Crippen molar-refractivity contribution in [2.45, 2.75) is 25.5 Å². The van der Waals surface area contributed by atoms with Crippen LogP contribution in [0.15, 0.2) is 24.3 Å². The summed E-state index contributed by atoms with van der Waals surface area (Å²) in [4.78, 5) is 0. The van der Waals surface area contributed by atoms with E-state index in [4.69, 9.17) is 4.74 Å². The molecule has 95 valence electrons. The van der Waals surface area contributed by atoms with Crippen LogP contribution in [0.5, 0.6) is 5.75 Å². The van der Waals surface area contributed by atoms with Crippen LogP contribution in [0.3, 0.4) is 0 Å². The van der Waals surface area contributed by atoms with Crippen molar-refractivity contribution in [3.63, 3.8) is 0 Å². The van der Waals surface area contributed by atoms with Gasteiger partial charge in [-0.25, -0.2) is 13.1 Å². The largest absolute Gasteiger partial charge is 0.494 e. The van der Waals surface area contributed by atoms with Gasteiger partial charge in [0.15, 0.2) is 0 Å². The molecule has 0 spiro atoms. The number of benzene rings is 1. The molecule has 0 saturated carbocycles. The molecule has 0 unspecified atom stereocenters. The molecule has 0 aromatic heterocycles. The van der Waals surface area contributed by atoms with E-state index in [0.29, 0.717) is 19.6 Å². The van der Waals surface area contributed by atoms with Crippen LogP contribution in [0.1, 0.15) is 20.3 Å². The molecule has 1 aromatic rings. The van der Waals surface area contributed by atoms with Gasteiger partial charge in [-0.3, -0.25) is 0 Å². The molecule has 1 N–H and O–H groups in total. The first kappa shape index (κ1) is 14.0. The fourth-order valence-electron chi connectivity index (χ4n) is 1.11. The second-order valence-corrected chi connectivity index (χ2v) is 6.25. The molecule has 0 saturated heterocycles. The highest BCUT2D eigenvalue weighted by molar-refractivity contribution is 7.90. The van der Waals surface area contributed by atoms with Gasteiger partial charge < -0.3 is 4.74 Å². The van der Waals surface area contributed by atoms with Crippen molar-refractivity contribution in [2.24, 2.45) is 0 Å². The summed E-state index contributed by atoms with van der Waals surface area (Å²) in [5, 5.41) is -0.395. The van der Waals surface area contributed by atoms with E-state index in [0.717, 1.165) is 5.75 Å². The van der Waals surface area contributed by atoms with Crippen LogP contribution in [-0.2, 0) is 10.0 Å². The first-order valence-corrected chi connectivity index (χ1v) is 7.14. The van der Waals surface area contributed by atoms with E-state index in [1.54, 1.807) is 26.0 Å². The summed E-state index contributed by atoms with van der Waals surface area (Å²) >= 11 is 0. The van der Waals surface area contributed by atoms with Gasteiger partial charge in [-0.2, -0.15) is 0 Å². The molecule has 17 heavy (non-hydrogen) atoms. The van der Waals surface area contributed by atoms with Crippen molar-refractivity contribution < 1.29 is 13.2 Å². The van der Waals surface area contributed by atoms with Gasteiger partial charge in [-0.1, -0.05) is 12.1 Å². The summed E-state index contributed by atoms with van der Waals surface area (Å²) in [5.41, 5.74) is 0. The number of hydrogen-bond acceptors (Lipinski definition) is 3. The molecule has 1 radical (unpaired) electrons. The summed E-state index contributed by atoms with van der Waals surface area (Å²) in [5.74, 6) is 0.774. The van der Waals surface area contributed by atoms with Gasteiger partial charge >= 0.3 is 0 Å². The summed E-state index contributed by atoms with van der Waals surface area (Å²) in [6.45, 7) is 4.20. The van der Waals surface area contributed by atoms with Gasteiger partial charge in [0.2, 0.25) is 10.0 Å². The zero-order chi connectivity index (χ0) is 12.7. The Kier molecular flexibility index (Phi) is 5.44. The van der Waals surface area contributed by atoms with Crippen LogP contribution in [0, 0.1) is 6.07 Å². The molecule has 4 nitrogen and oxygen atoms in total. The van der Waals surface area contributed by atoms with E-state index in [1.807, 2.05) is 12.1 Å². The van der Waals surface area contributed by atoms with Crippen molar-refractivity contribution in [2.75, 3.05) is 13.2 Å². The van der Waals surface area contributed by atoms with Crippen LogP contribution in [0.25, 0.3) is 0 Å². The Labute approximate surface area is 103 Å². The first-order chi connectivity index (χ1) is 8.02. The maximum Gasteiger partial charge on any atom is 0.213 e. The monoisotopic (exact) mass is 256 g/mol. The third kappa shape index (κ3) is 5.19. The molecule has 5 heteroatoms. The van der Waals surface area contributed by atoms with Crippen molar-refractivity contribution in [1.29, 1.82) is 0 Å². The highest BCUT2D eigenvalue weighted by Crippen LogP contribution is 2.07. The molecule has 1 rings (SSSR count). The fourth-order valence-corrected chi connectivity index (χ4v) is 1.87. The Morgan fingerprint density at radius 1 is 1.35 bits per heavy atom. The van der Waals surface area contributed by atoms with Crippen LogP contribution >= 0.6 is 0 Å². The minimum Gasteiger partial charge on any atom is -0.494 e. The van der Waals surface area contributed by atoms with Crippen molar-refractivity contribution >= 4 is 10.0 Å². The molecule has 0 heterocycles. The summed E-state index contributed by atoms with van der Waals surface area (Å²) < 4.78 is 30.8. The Balaban J connectivity index is 2.18. The lowest BCUT2D eigenvalue weighted by Gasteiger charge is -2.09. The number of ether oxygens (including phenoxy) is 1. The normalized spacial score (nSPS) is 11.7. The molecular formula is C12H18NO3S. The predicted molar refractivity (Wildman–Crippen MR) is 67.4 cm³/mol. The Morgan fingerprint density at radius 3 is 2.59 bits per heavy atom. The van der Waals surface area contributed by atoms with E-state index in [-0.39, 0.29) is 0 Å². The van der Waals surface area contributed by atoms with Crippen molar-refractivity contribution in [1.82, 2.24) is 4.72 Å². The van der Waals surface area contributed by atoms with Crippen LogP contribution in [0.2, 0.25) is 0 Å². The topological polar surface area (TPSA) is 55.4 Å². The number of nitrogens with one attached hydrogen (secondary N) is 1. The van der Waals surface area contributed by atoms with Gasteiger partial charge in [-0.15, -0.1) is 0 Å². The van der Waals surface area contributed by atoms with Crippen LogP contribution in [0.4, 0.5) is 0 Å². The molecule has 0 amide bonds. The molecule has 0 bridgehead atoms. The molecule has 1 aromatic carbocycles. The molecule has 0 aliphatic carbocycles. The van der Waals surface area contributed by atoms with Crippen molar-refractivity contribution in [3.05, 3.63) is 30.3 Å². The van der Waals surface area contributed by atoms with E-state index < -0.39 is 15.3 Å². The lowest BCUT2D eigenvalue weighted by atomic mass is 10.3. The third-order valence-corrected chi connectivity index (χ3v) is 4.05. The van der Waals surface area contributed by atoms with E-state index in [1.165, 1.54) is 0 Å². The van der Waals surface area contributed by atoms with E-state index >= 15 is 0 Å². The maximum absolute atomic E-state index is 11.4. The second-order valence-electron chi connectivity index (χ2n) is 3.93. The molecule has 0 fully saturated rings. The van der Waals surface area contributed by atoms with E-state index in [9.17, 15) is 8.42 Å². The van der Waals surface area contributed by atoms with Gasteiger partial charge in [0.1, 0.15) is 5.75 Å². The highest BCUT2D eigenvalue weighted by atomic mass is 32.2. The average molecular weight is 256 g/mol. The Morgan fingerprint density at radius 2 is 2.00 bits per heavy atom. The van der Waals surface area contributed by atoms with Crippen LogP contribution < -0.4 is 9.46 Å². The smallest absolute Gasteiger partial charge is 0.213 e. The number of rotatable bonds is 7. The van der Waals surface area contributed by atoms with Gasteiger partial charge in [0.25, 0.3) is 0 Å². The highest BCUT2D eigenvalue weighted by Gasteiger charge is 2.13. The average Bonchev–Trinajstić information content (AvgIpc) is 2.29. The second kappa shape index (κ2) is 6.61. The number of hydrogen-bond donors (Lipinski definition) is 1. The summed E-state index contributed by atoms with van der Waals surface area (Å²) in [6.07, 6.45) is 0.643. The SMILES string of the molecule is CC(C)S(=O)(=O)NCCCOc1cc[c]cc1. The van der Waals surface area contributed by atoms with Gasteiger partial charge in [0, 0.05) is 6.54 Å². The third-order valence-electron chi connectivity index (χ3n) is 2.20. The van der Waals surface area contributed by atoms with Gasteiger partial charge in [-0.05, 0) is 38.5 Å². The van der Waals surface area contributed by atoms with E-state index in [2.05, 4.69) is 10.8 Å². The predicted octanol–water partition coefficient (Wildman–Crippen LogP) is 1.58. The quantitative estimate of drug-likeness (QED) is 0.754. The Hall–Kier alpha value is -1.07. The van der Waals surface area contributed by atoms with Gasteiger partial charge in [0.05, 0.1) is 11.9 Å². The van der Waals surface area contributed by atoms with Crippen LogP contribution in [-0.4, -0.2) is 26.8 Å². The van der Waals surface area contributed by atoms with Crippen molar-refractivity contribution in [3.8, 4) is 5.75 Å². The first-order valence-electron chi connectivity index (χ1n) is 5.60.